The number of aromatic nitrogens is 1. The number of carboxylic acid groups (broad SMARTS) is 1. The Morgan fingerprint density at radius 3 is 2.40 bits per heavy atom. The van der Waals surface area contributed by atoms with Gasteiger partial charge in [0.1, 0.15) is 5.15 Å². The van der Waals surface area contributed by atoms with Crippen molar-refractivity contribution < 1.29 is 14.7 Å². The standard InChI is InChI=1S/C13H8Cl2N2O3/c14-8-4-5-9(17-11(8)15)6-2-1-3-7(13(19)20)10(6)12(16)18/h1-5H,(H2,16,18)(H,19,20). The van der Waals surface area contributed by atoms with Crippen molar-refractivity contribution in [1.29, 1.82) is 0 Å². The molecule has 0 aliphatic rings. The van der Waals surface area contributed by atoms with E-state index >= 15 is 0 Å². The highest BCUT2D eigenvalue weighted by atomic mass is 35.5. The Bertz CT molecular complexity index is 717. The Labute approximate surface area is 124 Å². The Morgan fingerprint density at radius 1 is 1.15 bits per heavy atom. The number of amides is 1. The average Bonchev–Trinajstić information content (AvgIpc) is 2.40. The lowest BCUT2D eigenvalue weighted by molar-refractivity contribution is 0.0692. The second-order valence-corrected chi connectivity index (χ2v) is 4.63. The van der Waals surface area contributed by atoms with Crippen molar-refractivity contribution in [1.82, 2.24) is 4.98 Å². The van der Waals surface area contributed by atoms with E-state index in [1.807, 2.05) is 0 Å². The number of aromatic carboxylic acids is 1. The number of carboxylic acids is 1. The Balaban J connectivity index is 2.73. The first-order valence-corrected chi connectivity index (χ1v) is 6.16. The summed E-state index contributed by atoms with van der Waals surface area (Å²) in [5.41, 5.74) is 5.56. The number of halogens is 2. The van der Waals surface area contributed by atoms with Crippen LogP contribution in [0, 0.1) is 0 Å². The van der Waals surface area contributed by atoms with Gasteiger partial charge in [-0.15, -0.1) is 0 Å². The van der Waals surface area contributed by atoms with E-state index in [2.05, 4.69) is 4.98 Å². The summed E-state index contributed by atoms with van der Waals surface area (Å²) in [6.45, 7) is 0. The maximum atomic E-state index is 11.5. The molecule has 0 saturated heterocycles. The lowest BCUT2D eigenvalue weighted by Crippen LogP contribution is -2.17. The number of nitrogens with two attached hydrogens (primary N) is 1. The molecule has 0 bridgehead atoms. The topological polar surface area (TPSA) is 93.3 Å². The largest absolute Gasteiger partial charge is 0.478 e. The van der Waals surface area contributed by atoms with Gasteiger partial charge in [0.25, 0.3) is 0 Å². The zero-order valence-electron chi connectivity index (χ0n) is 9.93. The fraction of sp³-hybridized carbons (Fsp3) is 0. The third-order valence-corrected chi connectivity index (χ3v) is 3.31. The van der Waals surface area contributed by atoms with Crippen molar-refractivity contribution in [3.8, 4) is 11.3 Å². The van der Waals surface area contributed by atoms with E-state index in [0.29, 0.717) is 5.69 Å². The monoisotopic (exact) mass is 310 g/mol. The van der Waals surface area contributed by atoms with E-state index in [1.54, 1.807) is 6.07 Å². The molecule has 5 nitrogen and oxygen atoms in total. The summed E-state index contributed by atoms with van der Waals surface area (Å²) in [5.74, 6) is -2.11. The minimum absolute atomic E-state index is 0.0558. The lowest BCUT2D eigenvalue weighted by Gasteiger charge is -2.09. The summed E-state index contributed by atoms with van der Waals surface area (Å²) < 4.78 is 0. The first-order chi connectivity index (χ1) is 9.41. The van der Waals surface area contributed by atoms with E-state index in [0.717, 1.165) is 0 Å². The highest BCUT2D eigenvalue weighted by molar-refractivity contribution is 6.41. The number of carbonyl (C=O) groups excluding carboxylic acids is 1. The fourth-order valence-electron chi connectivity index (χ4n) is 1.78. The van der Waals surface area contributed by atoms with Gasteiger partial charge in [0.2, 0.25) is 5.91 Å². The molecule has 0 fully saturated rings. The van der Waals surface area contributed by atoms with Gasteiger partial charge in [0.05, 0.1) is 21.8 Å². The number of nitrogens with zero attached hydrogens (tertiary/aromatic N) is 1. The van der Waals surface area contributed by atoms with Crippen molar-refractivity contribution >= 4 is 35.1 Å². The number of carbonyl (C=O) groups is 2. The normalized spacial score (nSPS) is 10.3. The van der Waals surface area contributed by atoms with Crippen LogP contribution in [-0.2, 0) is 0 Å². The van der Waals surface area contributed by atoms with Crippen LogP contribution in [0.15, 0.2) is 30.3 Å². The van der Waals surface area contributed by atoms with Gasteiger partial charge in [-0.2, -0.15) is 0 Å². The maximum Gasteiger partial charge on any atom is 0.336 e. The third-order valence-electron chi connectivity index (χ3n) is 2.62. The van der Waals surface area contributed by atoms with Crippen LogP contribution in [0.25, 0.3) is 11.3 Å². The minimum atomic E-state index is -1.25. The number of benzene rings is 1. The van der Waals surface area contributed by atoms with Gasteiger partial charge < -0.3 is 10.8 Å². The minimum Gasteiger partial charge on any atom is -0.478 e. The first kappa shape index (κ1) is 14.3. The molecule has 3 N–H and O–H groups in total. The third kappa shape index (κ3) is 2.59. The molecular weight excluding hydrogens is 303 g/mol. The van der Waals surface area contributed by atoms with Crippen molar-refractivity contribution in [2.75, 3.05) is 0 Å². The molecule has 7 heteroatoms. The van der Waals surface area contributed by atoms with Crippen molar-refractivity contribution in [3.05, 3.63) is 51.6 Å². The maximum absolute atomic E-state index is 11.5. The van der Waals surface area contributed by atoms with Crippen LogP contribution in [0.3, 0.4) is 0 Å². The highest BCUT2D eigenvalue weighted by Gasteiger charge is 2.20. The summed E-state index contributed by atoms with van der Waals surface area (Å²) >= 11 is 11.6. The molecule has 0 saturated carbocycles. The summed E-state index contributed by atoms with van der Waals surface area (Å²) in [5, 5.41) is 9.42. The van der Waals surface area contributed by atoms with Gasteiger partial charge in [-0.1, -0.05) is 35.3 Å². The van der Waals surface area contributed by atoms with E-state index in [4.69, 9.17) is 34.0 Å². The van der Waals surface area contributed by atoms with Crippen LogP contribution >= 0.6 is 23.2 Å². The molecule has 0 unspecified atom stereocenters. The quantitative estimate of drug-likeness (QED) is 0.852. The molecule has 2 rings (SSSR count). The van der Waals surface area contributed by atoms with Gasteiger partial charge >= 0.3 is 5.97 Å². The summed E-state index contributed by atoms with van der Waals surface area (Å²) in [4.78, 5) is 26.7. The first-order valence-electron chi connectivity index (χ1n) is 5.40. The van der Waals surface area contributed by atoms with Crippen LogP contribution in [0.1, 0.15) is 20.7 Å². The van der Waals surface area contributed by atoms with Gasteiger partial charge in [-0.25, -0.2) is 9.78 Å². The van der Waals surface area contributed by atoms with Crippen molar-refractivity contribution in [3.63, 3.8) is 0 Å². The van der Waals surface area contributed by atoms with Crippen LogP contribution in [0.5, 0.6) is 0 Å². The zero-order valence-corrected chi connectivity index (χ0v) is 11.4. The van der Waals surface area contributed by atoms with E-state index < -0.39 is 11.9 Å². The zero-order chi connectivity index (χ0) is 14.9. The average molecular weight is 311 g/mol. The molecule has 2 aromatic rings. The summed E-state index contributed by atoms with van der Waals surface area (Å²) in [6, 6.07) is 7.37. The van der Waals surface area contributed by atoms with E-state index in [9.17, 15) is 9.59 Å². The molecular formula is C13H8Cl2N2O3. The number of hydrogen-bond donors (Lipinski definition) is 2. The van der Waals surface area contributed by atoms with Crippen LogP contribution in [-0.4, -0.2) is 22.0 Å². The van der Waals surface area contributed by atoms with Crippen molar-refractivity contribution in [2.24, 2.45) is 5.73 Å². The summed E-state index contributed by atoms with van der Waals surface area (Å²) in [7, 11) is 0. The van der Waals surface area contributed by atoms with Gasteiger partial charge in [-0.3, -0.25) is 4.79 Å². The molecule has 0 aliphatic heterocycles. The molecule has 0 aliphatic carbocycles. The van der Waals surface area contributed by atoms with E-state index in [-0.39, 0.29) is 26.9 Å². The predicted octanol–water partition coefficient (Wildman–Crippen LogP) is 2.85. The van der Waals surface area contributed by atoms with Gasteiger partial charge in [-0.05, 0) is 18.2 Å². The highest BCUT2D eigenvalue weighted by Crippen LogP contribution is 2.28. The lowest BCUT2D eigenvalue weighted by atomic mass is 9.98. The fourth-order valence-corrected chi connectivity index (χ4v) is 2.04. The Hall–Kier alpha value is -2.11. The van der Waals surface area contributed by atoms with Gasteiger partial charge in [0.15, 0.2) is 0 Å². The molecule has 0 atom stereocenters. The van der Waals surface area contributed by atoms with Crippen LogP contribution < -0.4 is 5.73 Å². The molecule has 0 radical (unpaired) electrons. The molecule has 1 amide bonds. The molecule has 1 aromatic heterocycles. The Kier molecular flexibility index (Phi) is 3.92. The van der Waals surface area contributed by atoms with Crippen LogP contribution in [0.2, 0.25) is 10.2 Å². The predicted molar refractivity (Wildman–Crippen MR) is 75.2 cm³/mol. The SMILES string of the molecule is NC(=O)c1c(C(=O)O)cccc1-c1ccc(Cl)c(Cl)n1. The van der Waals surface area contributed by atoms with E-state index in [1.165, 1.54) is 24.3 Å². The molecule has 20 heavy (non-hydrogen) atoms. The number of hydrogen-bond acceptors (Lipinski definition) is 3. The Morgan fingerprint density at radius 2 is 1.85 bits per heavy atom. The smallest absolute Gasteiger partial charge is 0.336 e. The number of primary amides is 1. The summed E-state index contributed by atoms with van der Waals surface area (Å²) in [6.07, 6.45) is 0. The number of pyridine rings is 1. The second-order valence-electron chi connectivity index (χ2n) is 3.87. The number of rotatable bonds is 3. The van der Waals surface area contributed by atoms with Crippen LogP contribution in [0.4, 0.5) is 0 Å². The van der Waals surface area contributed by atoms with Crippen molar-refractivity contribution in [2.45, 2.75) is 0 Å². The molecule has 0 spiro atoms. The molecule has 1 heterocycles. The second kappa shape index (κ2) is 5.48. The molecule has 1 aromatic carbocycles. The molecule has 102 valence electrons. The van der Waals surface area contributed by atoms with Gasteiger partial charge in [0, 0.05) is 5.56 Å².